The minimum atomic E-state index is -0.780. The van der Waals surface area contributed by atoms with E-state index in [4.69, 9.17) is 18.9 Å². The molecule has 180 valence electrons. The van der Waals surface area contributed by atoms with Crippen molar-refractivity contribution in [2.24, 2.45) is 5.92 Å². The van der Waals surface area contributed by atoms with Crippen LogP contribution < -0.4 is 24.8 Å². The highest BCUT2D eigenvalue weighted by molar-refractivity contribution is 5.86. The molecule has 1 unspecified atom stereocenters. The first-order valence-electron chi connectivity index (χ1n) is 10.8. The first kappa shape index (κ1) is 25.8. The Morgan fingerprint density at radius 3 is 1.88 bits per heavy atom. The zero-order valence-electron chi connectivity index (χ0n) is 20.3. The molecule has 0 saturated heterocycles. The molecule has 33 heavy (non-hydrogen) atoms. The number of hydrogen-bond donors (Lipinski definition) is 2. The lowest BCUT2D eigenvalue weighted by atomic mass is 9.96. The van der Waals surface area contributed by atoms with Gasteiger partial charge < -0.3 is 29.6 Å². The first-order valence-corrected chi connectivity index (χ1v) is 10.8. The molecule has 0 aliphatic carbocycles. The standard InChI is InChI=1S/C25H34N2O6/c1-15(2)22(27-25(29)33-16(3)4)24(28)26-23(17-8-11-19(30-5)12-9-17)18-10-13-20(31-6)21(14-18)32-7/h8-16,22-23H,1-7H3,(H,26,28)(H,27,29)/t22-,23?/m0/s1. The van der Waals surface area contributed by atoms with Gasteiger partial charge in [0.25, 0.3) is 0 Å². The summed E-state index contributed by atoms with van der Waals surface area (Å²) in [7, 11) is 4.72. The minimum Gasteiger partial charge on any atom is -0.497 e. The summed E-state index contributed by atoms with van der Waals surface area (Å²) in [5, 5.41) is 5.75. The van der Waals surface area contributed by atoms with Gasteiger partial charge in [0, 0.05) is 0 Å². The first-order chi connectivity index (χ1) is 15.7. The Bertz CT molecular complexity index is 927. The Labute approximate surface area is 195 Å². The number of hydrogen-bond acceptors (Lipinski definition) is 6. The minimum absolute atomic E-state index is 0.161. The topological polar surface area (TPSA) is 95.1 Å². The monoisotopic (exact) mass is 458 g/mol. The molecule has 2 N–H and O–H groups in total. The Morgan fingerprint density at radius 1 is 0.758 bits per heavy atom. The molecule has 2 atom stereocenters. The van der Waals surface area contributed by atoms with Crippen molar-refractivity contribution in [1.82, 2.24) is 10.6 Å². The summed E-state index contributed by atoms with van der Waals surface area (Å²) in [5.41, 5.74) is 1.63. The highest BCUT2D eigenvalue weighted by atomic mass is 16.6. The summed E-state index contributed by atoms with van der Waals surface area (Å²) in [5.74, 6) is 1.34. The highest BCUT2D eigenvalue weighted by Crippen LogP contribution is 2.33. The van der Waals surface area contributed by atoms with E-state index in [0.717, 1.165) is 11.1 Å². The van der Waals surface area contributed by atoms with Crippen molar-refractivity contribution in [3.63, 3.8) is 0 Å². The molecule has 0 spiro atoms. The van der Waals surface area contributed by atoms with E-state index in [1.807, 2.05) is 50.2 Å². The summed E-state index contributed by atoms with van der Waals surface area (Å²) >= 11 is 0. The molecular weight excluding hydrogens is 424 g/mol. The van der Waals surface area contributed by atoms with Crippen LogP contribution in [0, 0.1) is 5.92 Å². The number of amides is 2. The SMILES string of the molecule is COc1ccc(C(NC(=O)[C@@H](NC(=O)OC(C)C)C(C)C)c2ccc(OC)c(OC)c2)cc1. The Kier molecular flexibility index (Phi) is 9.39. The van der Waals surface area contributed by atoms with Crippen molar-refractivity contribution in [3.05, 3.63) is 53.6 Å². The van der Waals surface area contributed by atoms with Crippen LogP contribution in [-0.4, -0.2) is 45.5 Å². The van der Waals surface area contributed by atoms with Crippen LogP contribution in [0.25, 0.3) is 0 Å². The molecule has 0 aliphatic rings. The predicted octanol–water partition coefficient (Wildman–Crippen LogP) is 4.08. The van der Waals surface area contributed by atoms with E-state index >= 15 is 0 Å². The van der Waals surface area contributed by atoms with Gasteiger partial charge >= 0.3 is 6.09 Å². The maximum atomic E-state index is 13.3. The van der Waals surface area contributed by atoms with Crippen molar-refractivity contribution in [2.75, 3.05) is 21.3 Å². The largest absolute Gasteiger partial charge is 0.497 e. The number of methoxy groups -OCH3 is 3. The van der Waals surface area contributed by atoms with Gasteiger partial charge in [-0.15, -0.1) is 0 Å². The second kappa shape index (κ2) is 12.0. The third-order valence-electron chi connectivity index (χ3n) is 5.04. The smallest absolute Gasteiger partial charge is 0.408 e. The Hall–Kier alpha value is -3.42. The summed E-state index contributed by atoms with van der Waals surface area (Å²) in [6.07, 6.45) is -0.925. The van der Waals surface area contributed by atoms with Crippen molar-refractivity contribution in [3.8, 4) is 17.2 Å². The number of benzene rings is 2. The number of carbonyl (C=O) groups is 2. The lowest BCUT2D eigenvalue weighted by Gasteiger charge is -2.26. The zero-order chi connectivity index (χ0) is 24.5. The van der Waals surface area contributed by atoms with Crippen molar-refractivity contribution >= 4 is 12.0 Å². The third-order valence-corrected chi connectivity index (χ3v) is 5.04. The molecule has 2 aromatic carbocycles. The number of ether oxygens (including phenoxy) is 4. The molecule has 0 aliphatic heterocycles. The number of rotatable bonds is 10. The van der Waals surface area contributed by atoms with E-state index in [1.165, 1.54) is 0 Å². The fraction of sp³-hybridized carbons (Fsp3) is 0.440. The lowest BCUT2D eigenvalue weighted by Crippen LogP contribution is -2.51. The van der Waals surface area contributed by atoms with Crippen LogP contribution >= 0.6 is 0 Å². The van der Waals surface area contributed by atoms with E-state index in [2.05, 4.69) is 10.6 Å². The fourth-order valence-electron chi connectivity index (χ4n) is 3.33. The van der Waals surface area contributed by atoms with Gasteiger partial charge in [-0.1, -0.05) is 32.0 Å². The van der Waals surface area contributed by atoms with Crippen LogP contribution in [0.1, 0.15) is 44.9 Å². The van der Waals surface area contributed by atoms with Crippen molar-refractivity contribution in [2.45, 2.75) is 45.9 Å². The van der Waals surface area contributed by atoms with E-state index in [9.17, 15) is 9.59 Å². The molecular formula is C25H34N2O6. The maximum Gasteiger partial charge on any atom is 0.408 e. The molecule has 0 bridgehead atoms. The van der Waals surface area contributed by atoms with Gasteiger partial charge in [0.2, 0.25) is 5.91 Å². The number of carbonyl (C=O) groups excluding carboxylic acids is 2. The summed E-state index contributed by atoms with van der Waals surface area (Å²) in [6.45, 7) is 7.22. The van der Waals surface area contributed by atoms with Crippen LogP contribution in [0.3, 0.4) is 0 Å². The summed E-state index contributed by atoms with van der Waals surface area (Å²) in [6, 6.07) is 11.6. The fourth-order valence-corrected chi connectivity index (χ4v) is 3.33. The van der Waals surface area contributed by atoms with E-state index in [-0.39, 0.29) is 17.9 Å². The van der Waals surface area contributed by atoms with Gasteiger partial charge in [0.15, 0.2) is 11.5 Å². The van der Waals surface area contributed by atoms with E-state index < -0.39 is 18.2 Å². The molecule has 0 fully saturated rings. The molecule has 8 nitrogen and oxygen atoms in total. The number of nitrogens with one attached hydrogen (secondary N) is 2. The van der Waals surface area contributed by atoms with E-state index in [1.54, 1.807) is 41.2 Å². The zero-order valence-corrected chi connectivity index (χ0v) is 20.3. The molecule has 2 aromatic rings. The maximum absolute atomic E-state index is 13.3. The molecule has 2 amide bonds. The third kappa shape index (κ3) is 7.03. The van der Waals surface area contributed by atoms with Gasteiger partial charge in [-0.25, -0.2) is 4.79 Å². The molecule has 8 heteroatoms. The summed E-state index contributed by atoms with van der Waals surface area (Å²) in [4.78, 5) is 25.5. The van der Waals surface area contributed by atoms with Gasteiger partial charge in [0.05, 0.1) is 33.5 Å². The van der Waals surface area contributed by atoms with Crippen LogP contribution in [0.5, 0.6) is 17.2 Å². The lowest BCUT2D eigenvalue weighted by molar-refractivity contribution is -0.124. The Balaban J connectivity index is 2.40. The molecule has 0 heterocycles. The van der Waals surface area contributed by atoms with Gasteiger partial charge in [-0.05, 0) is 55.2 Å². The van der Waals surface area contributed by atoms with Crippen molar-refractivity contribution in [1.29, 1.82) is 0 Å². The van der Waals surface area contributed by atoms with Gasteiger partial charge in [-0.3, -0.25) is 4.79 Å². The second-order valence-electron chi connectivity index (χ2n) is 8.15. The predicted molar refractivity (Wildman–Crippen MR) is 126 cm³/mol. The van der Waals surface area contributed by atoms with Crippen LogP contribution in [-0.2, 0) is 9.53 Å². The van der Waals surface area contributed by atoms with Crippen LogP contribution in [0.4, 0.5) is 4.79 Å². The van der Waals surface area contributed by atoms with Crippen LogP contribution in [0.2, 0.25) is 0 Å². The molecule has 0 aromatic heterocycles. The molecule has 0 saturated carbocycles. The molecule has 2 rings (SSSR count). The quantitative estimate of drug-likeness (QED) is 0.557. The number of alkyl carbamates (subject to hydrolysis) is 1. The summed E-state index contributed by atoms with van der Waals surface area (Å²) < 4.78 is 21.2. The average molecular weight is 459 g/mol. The average Bonchev–Trinajstić information content (AvgIpc) is 2.79. The van der Waals surface area contributed by atoms with Crippen LogP contribution in [0.15, 0.2) is 42.5 Å². The highest BCUT2D eigenvalue weighted by Gasteiger charge is 2.28. The van der Waals surface area contributed by atoms with Crippen molar-refractivity contribution < 1.29 is 28.5 Å². The van der Waals surface area contributed by atoms with Gasteiger partial charge in [0.1, 0.15) is 11.8 Å². The Morgan fingerprint density at radius 2 is 1.36 bits per heavy atom. The normalized spacial score (nSPS) is 12.6. The second-order valence-corrected chi connectivity index (χ2v) is 8.15. The van der Waals surface area contributed by atoms with E-state index in [0.29, 0.717) is 17.2 Å². The van der Waals surface area contributed by atoms with Gasteiger partial charge in [-0.2, -0.15) is 0 Å². The molecule has 0 radical (unpaired) electrons.